The van der Waals surface area contributed by atoms with Gasteiger partial charge in [-0.25, -0.2) is 4.79 Å². The summed E-state index contributed by atoms with van der Waals surface area (Å²) in [5.41, 5.74) is 1.44. The molecule has 3 atom stereocenters. The van der Waals surface area contributed by atoms with Crippen LogP contribution in [-0.2, 0) is 22.7 Å². The van der Waals surface area contributed by atoms with Crippen molar-refractivity contribution in [3.8, 4) is 0 Å². The first-order chi connectivity index (χ1) is 17.9. The van der Waals surface area contributed by atoms with Gasteiger partial charge in [0.25, 0.3) is 0 Å². The number of aryl methyl sites for hydroxylation is 1. The van der Waals surface area contributed by atoms with Gasteiger partial charge in [0.15, 0.2) is 0 Å². The van der Waals surface area contributed by atoms with Crippen LogP contribution in [0.25, 0.3) is 10.8 Å². The highest BCUT2D eigenvalue weighted by Gasteiger charge is 2.29. The zero-order valence-electron chi connectivity index (χ0n) is 21.7. The van der Waals surface area contributed by atoms with Gasteiger partial charge >= 0.3 is 6.03 Å². The summed E-state index contributed by atoms with van der Waals surface area (Å²) < 4.78 is 7.98. The van der Waals surface area contributed by atoms with Crippen LogP contribution in [-0.4, -0.2) is 80.7 Å². The monoisotopic (exact) mass is 508 g/mol. The first-order valence-electron chi connectivity index (χ1n) is 12.8. The van der Waals surface area contributed by atoms with Crippen molar-refractivity contribution in [2.24, 2.45) is 5.92 Å². The number of aliphatic hydroxyl groups is 1. The predicted molar refractivity (Wildman–Crippen MR) is 141 cm³/mol. The molecule has 4 rings (SSSR count). The van der Waals surface area contributed by atoms with Crippen LogP contribution in [0.3, 0.4) is 0 Å². The summed E-state index contributed by atoms with van der Waals surface area (Å²) in [7, 11) is 1.73. The van der Waals surface area contributed by atoms with Gasteiger partial charge in [-0.1, -0.05) is 48.5 Å². The van der Waals surface area contributed by atoms with Crippen molar-refractivity contribution in [3.05, 3.63) is 54.4 Å². The molecule has 1 aliphatic heterocycles. The van der Waals surface area contributed by atoms with Gasteiger partial charge in [0, 0.05) is 44.4 Å². The summed E-state index contributed by atoms with van der Waals surface area (Å²) in [6.07, 6.45) is 2.43. The lowest BCUT2D eigenvalue weighted by Crippen LogP contribution is -2.48. The van der Waals surface area contributed by atoms with Crippen LogP contribution in [0.15, 0.2) is 48.7 Å². The Morgan fingerprint density at radius 1 is 1.27 bits per heavy atom. The number of benzene rings is 2. The van der Waals surface area contributed by atoms with Gasteiger partial charge < -0.3 is 25.0 Å². The van der Waals surface area contributed by atoms with Crippen molar-refractivity contribution in [3.63, 3.8) is 0 Å². The van der Waals surface area contributed by atoms with Crippen LogP contribution in [0.1, 0.15) is 32.4 Å². The number of aromatic nitrogens is 3. The molecular formula is C27H36N6O4. The SMILES string of the molecule is C[C@@H]1CN([C@H](C)CO)C(=O)CCCn2cc(nn2)CO[C@H]1CN(C)C(=O)Nc1cccc2ccccc12. The Kier molecular flexibility index (Phi) is 8.73. The molecule has 2 aromatic carbocycles. The average Bonchev–Trinajstić information content (AvgIpc) is 3.36. The van der Waals surface area contributed by atoms with Crippen molar-refractivity contribution in [2.45, 2.75) is 52.0 Å². The molecule has 2 bridgehead atoms. The minimum atomic E-state index is -0.379. The van der Waals surface area contributed by atoms with Gasteiger partial charge in [0.05, 0.1) is 37.2 Å². The molecule has 3 amide bonds. The number of nitrogens with one attached hydrogen (secondary N) is 1. The number of nitrogens with zero attached hydrogens (tertiary/aromatic N) is 5. The first kappa shape index (κ1) is 26.6. The Morgan fingerprint density at radius 3 is 2.86 bits per heavy atom. The Hall–Kier alpha value is -3.50. The Balaban J connectivity index is 1.51. The highest BCUT2D eigenvalue weighted by molar-refractivity contribution is 6.01. The van der Waals surface area contributed by atoms with Crippen molar-refractivity contribution in [1.82, 2.24) is 24.8 Å². The highest BCUT2D eigenvalue weighted by atomic mass is 16.5. The standard InChI is InChI=1S/C27H36N6O4/c1-19-14-33(20(2)17-34)26(35)12-7-13-32-15-22(29-30-32)18-37-25(19)16-31(3)27(36)28-24-11-6-9-21-8-4-5-10-23(21)24/h4-6,8-11,15,19-20,25,34H,7,12-14,16-18H2,1-3H3,(H,28,36)/t19-,20-,25+/m1/s1. The molecule has 2 heterocycles. The lowest BCUT2D eigenvalue weighted by atomic mass is 10.0. The average molecular weight is 509 g/mol. The molecule has 0 saturated heterocycles. The van der Waals surface area contributed by atoms with E-state index in [9.17, 15) is 14.7 Å². The second kappa shape index (κ2) is 12.2. The van der Waals surface area contributed by atoms with E-state index < -0.39 is 0 Å². The zero-order chi connectivity index (χ0) is 26.4. The van der Waals surface area contributed by atoms with Crippen molar-refractivity contribution < 1.29 is 19.4 Å². The Labute approximate surface area is 217 Å². The fraction of sp³-hybridized carbons (Fsp3) is 0.481. The minimum Gasteiger partial charge on any atom is -0.394 e. The highest BCUT2D eigenvalue weighted by Crippen LogP contribution is 2.24. The number of ether oxygens (including phenoxy) is 1. The number of hydrogen-bond acceptors (Lipinski definition) is 6. The molecule has 2 N–H and O–H groups in total. The van der Waals surface area contributed by atoms with Crippen molar-refractivity contribution >= 4 is 28.4 Å². The number of carbonyl (C=O) groups excluding carboxylic acids is 2. The van der Waals surface area contributed by atoms with E-state index >= 15 is 0 Å². The maximum Gasteiger partial charge on any atom is 0.321 e. The predicted octanol–water partition coefficient (Wildman–Crippen LogP) is 3.12. The fourth-order valence-electron chi connectivity index (χ4n) is 4.59. The van der Waals surface area contributed by atoms with Gasteiger partial charge in [-0.3, -0.25) is 9.48 Å². The molecule has 3 aromatic rings. The summed E-state index contributed by atoms with van der Waals surface area (Å²) in [6, 6.07) is 13.1. The van der Waals surface area contributed by atoms with Gasteiger partial charge in [-0.15, -0.1) is 5.10 Å². The third-order valence-corrected chi connectivity index (χ3v) is 6.88. The molecule has 37 heavy (non-hydrogen) atoms. The number of amides is 3. The normalized spacial score (nSPS) is 20.0. The second-order valence-corrected chi connectivity index (χ2v) is 9.82. The minimum absolute atomic E-state index is 0.0196. The second-order valence-electron chi connectivity index (χ2n) is 9.82. The number of carbonyl (C=O) groups is 2. The van der Waals surface area contributed by atoms with Crippen LogP contribution < -0.4 is 5.32 Å². The topological polar surface area (TPSA) is 113 Å². The number of urea groups is 1. The van der Waals surface area contributed by atoms with E-state index in [-0.39, 0.29) is 43.2 Å². The molecule has 198 valence electrons. The maximum atomic E-state index is 13.2. The molecule has 10 heteroatoms. The van der Waals surface area contributed by atoms with E-state index in [2.05, 4.69) is 15.6 Å². The number of likely N-dealkylation sites (N-methyl/N-ethyl adjacent to an activating group) is 1. The van der Waals surface area contributed by atoms with E-state index in [1.165, 1.54) is 0 Å². The molecule has 0 unspecified atom stereocenters. The van der Waals surface area contributed by atoms with Crippen LogP contribution in [0, 0.1) is 5.92 Å². The van der Waals surface area contributed by atoms with E-state index in [4.69, 9.17) is 4.74 Å². The largest absolute Gasteiger partial charge is 0.394 e. The number of hydrogen-bond donors (Lipinski definition) is 2. The van der Waals surface area contributed by atoms with E-state index in [1.54, 1.807) is 21.5 Å². The molecular weight excluding hydrogens is 472 g/mol. The van der Waals surface area contributed by atoms with Crippen molar-refractivity contribution in [1.29, 1.82) is 0 Å². The fourth-order valence-corrected chi connectivity index (χ4v) is 4.59. The number of rotatable bonds is 5. The summed E-state index contributed by atoms with van der Waals surface area (Å²) in [6.45, 7) is 5.26. The van der Waals surface area contributed by atoms with Crippen LogP contribution >= 0.6 is 0 Å². The number of fused-ring (bicyclic) bond motifs is 3. The van der Waals surface area contributed by atoms with Gasteiger partial charge in [-0.2, -0.15) is 0 Å². The Bertz CT molecular complexity index is 1210. The lowest BCUT2D eigenvalue weighted by molar-refractivity contribution is -0.136. The molecule has 0 aliphatic carbocycles. The summed E-state index contributed by atoms with van der Waals surface area (Å²) in [4.78, 5) is 29.5. The first-order valence-corrected chi connectivity index (χ1v) is 12.8. The van der Waals surface area contributed by atoms with E-state index in [1.807, 2.05) is 62.5 Å². The maximum absolute atomic E-state index is 13.2. The molecule has 1 aliphatic rings. The van der Waals surface area contributed by atoms with Crippen LogP contribution in [0.5, 0.6) is 0 Å². The van der Waals surface area contributed by atoms with Gasteiger partial charge in [-0.05, 0) is 24.8 Å². The van der Waals surface area contributed by atoms with Gasteiger partial charge in [0.2, 0.25) is 5.91 Å². The summed E-state index contributed by atoms with van der Waals surface area (Å²) in [5, 5.41) is 23.1. The number of anilines is 1. The molecule has 0 radical (unpaired) electrons. The van der Waals surface area contributed by atoms with Crippen LogP contribution in [0.2, 0.25) is 0 Å². The lowest BCUT2D eigenvalue weighted by Gasteiger charge is -2.35. The van der Waals surface area contributed by atoms with Gasteiger partial charge in [0.1, 0.15) is 5.69 Å². The molecule has 0 fully saturated rings. The zero-order valence-corrected chi connectivity index (χ0v) is 21.7. The number of aliphatic hydroxyl groups excluding tert-OH is 1. The van der Waals surface area contributed by atoms with E-state index in [0.29, 0.717) is 38.2 Å². The Morgan fingerprint density at radius 2 is 2.05 bits per heavy atom. The molecule has 0 spiro atoms. The van der Waals surface area contributed by atoms with Crippen molar-refractivity contribution in [2.75, 3.05) is 32.1 Å². The summed E-state index contributed by atoms with van der Waals surface area (Å²) >= 11 is 0. The summed E-state index contributed by atoms with van der Waals surface area (Å²) in [5.74, 6) is -0.129. The smallest absolute Gasteiger partial charge is 0.321 e. The third kappa shape index (κ3) is 6.64. The molecule has 0 saturated carbocycles. The molecule has 10 nitrogen and oxygen atoms in total. The van der Waals surface area contributed by atoms with Crippen LogP contribution in [0.4, 0.5) is 10.5 Å². The molecule has 1 aromatic heterocycles. The third-order valence-electron chi connectivity index (χ3n) is 6.88. The van der Waals surface area contributed by atoms with E-state index in [0.717, 1.165) is 16.5 Å². The quantitative estimate of drug-likeness (QED) is 0.548.